The smallest absolute Gasteiger partial charge is 0.177 e. The number of hydrogen-bond donors (Lipinski definition) is 0. The van der Waals surface area contributed by atoms with Crippen molar-refractivity contribution >= 4 is 22.1 Å². The number of thiophene rings is 1. The first-order valence-electron chi connectivity index (χ1n) is 5.66. The normalized spacial score (nSPS) is 12.7. The molecular weight excluding hydrogens is 282 g/mol. The van der Waals surface area contributed by atoms with Gasteiger partial charge in [-0.15, -0.1) is 11.3 Å². The Hall–Kier alpha value is -1.66. The molecule has 3 aromatic rings. The molecule has 3 rings (SSSR count). The van der Waals surface area contributed by atoms with E-state index < -0.39 is 10.8 Å². The number of aromatic nitrogens is 1. The monoisotopic (exact) mass is 293 g/mol. The molecule has 0 saturated carbocycles. The van der Waals surface area contributed by atoms with Crippen molar-refractivity contribution < 1.29 is 13.1 Å². The lowest BCUT2D eigenvalue weighted by Crippen LogP contribution is -1.96. The van der Waals surface area contributed by atoms with Crippen LogP contribution in [0.1, 0.15) is 11.5 Å². The third-order valence-electron chi connectivity index (χ3n) is 2.66. The summed E-state index contributed by atoms with van der Waals surface area (Å²) in [6.07, 6.45) is 1.54. The minimum absolute atomic E-state index is 0.329. The van der Waals surface area contributed by atoms with Gasteiger partial charge in [-0.25, -0.2) is 0 Å². The van der Waals surface area contributed by atoms with Gasteiger partial charge in [0.05, 0.1) is 38.3 Å². The molecule has 3 aromatic heterocycles. The lowest BCUT2D eigenvalue weighted by Gasteiger charge is -1.96. The third-order valence-corrected chi connectivity index (χ3v) is 5.01. The van der Waals surface area contributed by atoms with Crippen LogP contribution in [0.25, 0.3) is 10.6 Å². The van der Waals surface area contributed by atoms with Crippen molar-refractivity contribution in [3.05, 3.63) is 47.4 Å². The molecule has 98 valence electrons. The van der Waals surface area contributed by atoms with Gasteiger partial charge < -0.3 is 8.94 Å². The highest BCUT2D eigenvalue weighted by Gasteiger charge is 2.14. The van der Waals surface area contributed by atoms with Crippen LogP contribution in [-0.2, 0) is 16.6 Å². The quantitative estimate of drug-likeness (QED) is 0.737. The first kappa shape index (κ1) is 12.4. The van der Waals surface area contributed by atoms with E-state index in [9.17, 15) is 4.21 Å². The van der Waals surface area contributed by atoms with Crippen molar-refractivity contribution in [3.63, 3.8) is 0 Å². The molecule has 0 saturated heterocycles. The molecular formula is C13H11NO3S2. The second kappa shape index (κ2) is 5.14. The lowest BCUT2D eigenvalue weighted by atomic mass is 10.3. The molecule has 0 bridgehead atoms. The van der Waals surface area contributed by atoms with Crippen molar-refractivity contribution in [1.29, 1.82) is 0 Å². The summed E-state index contributed by atoms with van der Waals surface area (Å²) in [5, 5.41) is 5.94. The number of nitrogens with zero attached hydrogens (tertiary/aromatic N) is 1. The van der Waals surface area contributed by atoms with Gasteiger partial charge in [-0.1, -0.05) is 11.2 Å². The van der Waals surface area contributed by atoms with Crippen LogP contribution in [-0.4, -0.2) is 9.37 Å². The van der Waals surface area contributed by atoms with Gasteiger partial charge in [0, 0.05) is 6.07 Å². The van der Waals surface area contributed by atoms with Crippen molar-refractivity contribution in [2.45, 2.75) is 17.6 Å². The first-order valence-corrected chi connectivity index (χ1v) is 7.86. The second-order valence-electron chi connectivity index (χ2n) is 3.99. The molecule has 0 amide bonds. The first-order chi connectivity index (χ1) is 9.24. The fourth-order valence-corrected chi connectivity index (χ4v) is 3.55. The van der Waals surface area contributed by atoms with Crippen LogP contribution in [0.4, 0.5) is 0 Å². The standard InChI is InChI=1S/C13H11NO3S2/c1-9-13(4-5-16-9)19(15)8-10-7-11(17-14-10)12-3-2-6-18-12/h2-7H,8H2,1H3/t19-/m1/s1. The fourth-order valence-electron chi connectivity index (χ4n) is 1.74. The highest BCUT2D eigenvalue weighted by molar-refractivity contribution is 7.84. The Morgan fingerprint density at radius 1 is 1.42 bits per heavy atom. The van der Waals surface area contributed by atoms with Gasteiger partial charge in [-0.2, -0.15) is 0 Å². The summed E-state index contributed by atoms with van der Waals surface area (Å²) >= 11 is 1.58. The molecule has 0 N–H and O–H groups in total. The Bertz CT molecular complexity index is 697. The minimum Gasteiger partial charge on any atom is -0.468 e. The molecule has 1 atom stereocenters. The van der Waals surface area contributed by atoms with Gasteiger partial charge >= 0.3 is 0 Å². The number of rotatable bonds is 4. The van der Waals surface area contributed by atoms with Gasteiger partial charge in [0.25, 0.3) is 0 Å². The molecule has 0 aliphatic rings. The third kappa shape index (κ3) is 2.54. The predicted octanol–water partition coefficient (Wildman–Crippen LogP) is 3.61. The van der Waals surface area contributed by atoms with Crippen LogP contribution in [0.2, 0.25) is 0 Å². The summed E-state index contributed by atoms with van der Waals surface area (Å²) in [5.41, 5.74) is 0.683. The largest absolute Gasteiger partial charge is 0.468 e. The van der Waals surface area contributed by atoms with E-state index in [4.69, 9.17) is 8.94 Å². The molecule has 0 aromatic carbocycles. The van der Waals surface area contributed by atoms with Crippen molar-refractivity contribution in [2.75, 3.05) is 0 Å². The molecule has 6 heteroatoms. The summed E-state index contributed by atoms with van der Waals surface area (Å²) in [6, 6.07) is 7.48. The highest BCUT2D eigenvalue weighted by Crippen LogP contribution is 2.26. The zero-order chi connectivity index (χ0) is 13.2. The van der Waals surface area contributed by atoms with E-state index in [2.05, 4.69) is 5.16 Å². The molecule has 4 nitrogen and oxygen atoms in total. The zero-order valence-corrected chi connectivity index (χ0v) is 11.8. The van der Waals surface area contributed by atoms with Crippen LogP contribution in [0.3, 0.4) is 0 Å². The molecule has 3 heterocycles. The van der Waals surface area contributed by atoms with Crippen molar-refractivity contribution in [1.82, 2.24) is 5.16 Å². The van der Waals surface area contributed by atoms with Crippen LogP contribution >= 0.6 is 11.3 Å². The highest BCUT2D eigenvalue weighted by atomic mass is 32.2. The summed E-state index contributed by atoms with van der Waals surface area (Å²) in [4.78, 5) is 1.73. The Morgan fingerprint density at radius 2 is 2.32 bits per heavy atom. The van der Waals surface area contributed by atoms with E-state index in [1.807, 2.05) is 23.6 Å². The maximum Gasteiger partial charge on any atom is 0.177 e. The number of furan rings is 1. The van der Waals surface area contributed by atoms with E-state index in [0.29, 0.717) is 27.9 Å². The van der Waals surface area contributed by atoms with E-state index >= 15 is 0 Å². The summed E-state index contributed by atoms with van der Waals surface area (Å²) in [5.74, 6) is 1.72. The Kier molecular flexibility index (Phi) is 3.35. The minimum atomic E-state index is -1.16. The fraction of sp³-hybridized carbons (Fsp3) is 0.154. The van der Waals surface area contributed by atoms with Gasteiger partial charge in [-0.3, -0.25) is 4.21 Å². The van der Waals surface area contributed by atoms with Crippen LogP contribution in [0.15, 0.2) is 49.7 Å². The predicted molar refractivity (Wildman–Crippen MR) is 73.4 cm³/mol. The molecule has 0 spiro atoms. The van der Waals surface area contributed by atoms with Gasteiger partial charge in [0.2, 0.25) is 0 Å². The number of hydrogen-bond acceptors (Lipinski definition) is 5. The maximum absolute atomic E-state index is 12.2. The zero-order valence-electron chi connectivity index (χ0n) is 10.2. The van der Waals surface area contributed by atoms with Crippen LogP contribution < -0.4 is 0 Å². The summed E-state index contributed by atoms with van der Waals surface area (Å²) < 4.78 is 22.6. The summed E-state index contributed by atoms with van der Waals surface area (Å²) in [7, 11) is -1.16. The van der Waals surface area contributed by atoms with Crippen molar-refractivity contribution in [3.8, 4) is 10.6 Å². The lowest BCUT2D eigenvalue weighted by molar-refractivity contribution is 0.427. The number of aryl methyl sites for hydroxylation is 1. The average Bonchev–Trinajstić information content (AvgIpc) is 3.07. The molecule has 0 aliphatic heterocycles. The molecule has 0 radical (unpaired) electrons. The van der Waals surface area contributed by atoms with E-state index in [0.717, 1.165) is 4.88 Å². The van der Waals surface area contributed by atoms with E-state index in [1.165, 1.54) is 0 Å². The van der Waals surface area contributed by atoms with Gasteiger partial charge in [-0.05, 0) is 24.4 Å². The van der Waals surface area contributed by atoms with E-state index in [-0.39, 0.29) is 0 Å². The van der Waals surface area contributed by atoms with E-state index in [1.54, 1.807) is 30.6 Å². The molecule has 0 fully saturated rings. The van der Waals surface area contributed by atoms with Gasteiger partial charge in [0.1, 0.15) is 5.76 Å². The van der Waals surface area contributed by atoms with Crippen molar-refractivity contribution in [2.24, 2.45) is 0 Å². The van der Waals surface area contributed by atoms with Gasteiger partial charge in [0.15, 0.2) is 5.76 Å². The molecule has 0 unspecified atom stereocenters. The Morgan fingerprint density at radius 3 is 3.00 bits per heavy atom. The Labute approximate surface area is 116 Å². The van der Waals surface area contributed by atoms with Crippen LogP contribution in [0, 0.1) is 6.92 Å². The topological polar surface area (TPSA) is 56.2 Å². The molecule has 0 aliphatic carbocycles. The maximum atomic E-state index is 12.2. The Balaban J connectivity index is 1.78. The van der Waals surface area contributed by atoms with Crippen LogP contribution in [0.5, 0.6) is 0 Å². The molecule has 19 heavy (non-hydrogen) atoms. The second-order valence-corrected chi connectivity index (χ2v) is 6.36. The summed E-state index contributed by atoms with van der Waals surface area (Å²) in [6.45, 7) is 1.80. The average molecular weight is 293 g/mol. The SMILES string of the molecule is Cc1occc1[S@](=O)Cc1cc(-c2cccs2)on1.